The number of aromatic nitrogens is 1. The number of nitrogens with two attached hydrogens (primary N) is 1. The maximum absolute atomic E-state index is 12.1. The minimum absolute atomic E-state index is 0.0736. The Bertz CT molecular complexity index is 719. The molecule has 128 valence electrons. The van der Waals surface area contributed by atoms with Crippen molar-refractivity contribution >= 4 is 29.3 Å². The van der Waals surface area contributed by atoms with Crippen molar-refractivity contribution in [1.29, 1.82) is 0 Å². The standard InChI is InChI=1S/C16H19N3O4S/c1-9(20)13-11-7-12(14(16(22)23)19(11)15(13)21)24-6-5-18-4-2-3-10(17)8-18/h2-4,8-9,11,13,20H,5-7,17H2,1H3/p+1/t9?,11-,13-/m1/s1. The number of aliphatic hydroxyl groups is 1. The Morgan fingerprint density at radius 3 is 2.96 bits per heavy atom. The molecule has 1 amide bonds. The van der Waals surface area contributed by atoms with Crippen LogP contribution in [0.4, 0.5) is 5.69 Å². The zero-order chi connectivity index (χ0) is 17.4. The second-order valence-electron chi connectivity index (χ2n) is 6.05. The summed E-state index contributed by atoms with van der Waals surface area (Å²) >= 11 is 1.45. The molecule has 3 rings (SSSR count). The SMILES string of the molecule is CC(O)[C@H]1C(=O)N2C(C(=O)O)=C(SCC[n+]3cccc(N)c3)C[C@H]12. The summed E-state index contributed by atoms with van der Waals surface area (Å²) in [6.07, 6.45) is 3.45. The molecule has 3 atom stereocenters. The fourth-order valence-electron chi connectivity index (χ4n) is 3.32. The van der Waals surface area contributed by atoms with E-state index < -0.39 is 18.0 Å². The molecular formula is C16H20N3O4S+. The minimum atomic E-state index is -1.09. The number of aliphatic carboxylic acids is 1. The van der Waals surface area contributed by atoms with E-state index >= 15 is 0 Å². The maximum Gasteiger partial charge on any atom is 0.353 e. The van der Waals surface area contributed by atoms with E-state index in [9.17, 15) is 19.8 Å². The highest BCUT2D eigenvalue weighted by Crippen LogP contribution is 2.46. The number of hydrogen-bond donors (Lipinski definition) is 3. The van der Waals surface area contributed by atoms with Crippen LogP contribution in [0.15, 0.2) is 35.1 Å². The van der Waals surface area contributed by atoms with Crippen molar-refractivity contribution in [1.82, 2.24) is 4.90 Å². The number of carbonyl (C=O) groups is 2. The number of pyridine rings is 1. The first-order valence-electron chi connectivity index (χ1n) is 7.75. The van der Waals surface area contributed by atoms with Crippen LogP contribution in [0.5, 0.6) is 0 Å². The summed E-state index contributed by atoms with van der Waals surface area (Å²) in [7, 11) is 0. The molecule has 7 nitrogen and oxygen atoms in total. The van der Waals surface area contributed by atoms with E-state index in [4.69, 9.17) is 5.73 Å². The molecule has 1 saturated heterocycles. The molecule has 0 aromatic carbocycles. The van der Waals surface area contributed by atoms with Gasteiger partial charge in [-0.2, -0.15) is 0 Å². The van der Waals surface area contributed by atoms with Crippen LogP contribution in [0, 0.1) is 5.92 Å². The van der Waals surface area contributed by atoms with Gasteiger partial charge in [0.1, 0.15) is 5.70 Å². The molecule has 8 heteroatoms. The van der Waals surface area contributed by atoms with E-state index in [2.05, 4.69) is 0 Å². The number of β-lactam (4-membered cyclic amide) rings is 1. The molecule has 1 aromatic heterocycles. The predicted molar refractivity (Wildman–Crippen MR) is 88.6 cm³/mol. The Kier molecular flexibility index (Phi) is 4.51. The number of nitrogens with zero attached hydrogens (tertiary/aromatic N) is 2. The first-order valence-corrected chi connectivity index (χ1v) is 8.73. The van der Waals surface area contributed by atoms with E-state index in [1.54, 1.807) is 13.0 Å². The number of fused-ring (bicyclic) bond motifs is 1. The molecular weight excluding hydrogens is 330 g/mol. The van der Waals surface area contributed by atoms with Crippen molar-refractivity contribution < 1.29 is 24.4 Å². The quantitative estimate of drug-likeness (QED) is 0.500. The third-order valence-electron chi connectivity index (χ3n) is 4.40. The second-order valence-corrected chi connectivity index (χ2v) is 7.24. The maximum atomic E-state index is 12.1. The Hall–Kier alpha value is -2.06. The molecule has 3 heterocycles. The average molecular weight is 350 g/mol. The fourth-order valence-corrected chi connectivity index (χ4v) is 4.47. The van der Waals surface area contributed by atoms with Crippen LogP contribution in [0.1, 0.15) is 13.3 Å². The van der Waals surface area contributed by atoms with Crippen molar-refractivity contribution in [3.8, 4) is 0 Å². The average Bonchev–Trinajstić information content (AvgIpc) is 2.81. The molecule has 0 spiro atoms. The van der Waals surface area contributed by atoms with Gasteiger partial charge in [0.2, 0.25) is 5.91 Å². The summed E-state index contributed by atoms with van der Waals surface area (Å²) < 4.78 is 1.94. The highest BCUT2D eigenvalue weighted by molar-refractivity contribution is 8.03. The molecule has 0 radical (unpaired) electrons. The largest absolute Gasteiger partial charge is 0.477 e. The number of thioether (sulfide) groups is 1. The Morgan fingerprint density at radius 2 is 2.33 bits per heavy atom. The van der Waals surface area contributed by atoms with Crippen molar-refractivity contribution in [2.24, 2.45) is 5.92 Å². The van der Waals surface area contributed by atoms with Gasteiger partial charge >= 0.3 is 5.97 Å². The third-order valence-corrected chi connectivity index (χ3v) is 5.49. The van der Waals surface area contributed by atoms with Crippen LogP contribution in [0.3, 0.4) is 0 Å². The number of nitrogen functional groups attached to an aromatic ring is 1. The zero-order valence-electron chi connectivity index (χ0n) is 13.3. The lowest BCUT2D eigenvalue weighted by Crippen LogP contribution is -2.61. The van der Waals surface area contributed by atoms with Crippen LogP contribution >= 0.6 is 11.8 Å². The van der Waals surface area contributed by atoms with Crippen molar-refractivity contribution in [3.05, 3.63) is 35.1 Å². The van der Waals surface area contributed by atoms with Gasteiger partial charge < -0.3 is 20.8 Å². The second kappa shape index (κ2) is 6.45. The minimum Gasteiger partial charge on any atom is -0.477 e. The molecule has 1 unspecified atom stereocenters. The number of carbonyl (C=O) groups excluding carboxylic acids is 1. The summed E-state index contributed by atoms with van der Waals surface area (Å²) in [5.41, 5.74) is 6.48. The van der Waals surface area contributed by atoms with Gasteiger partial charge in [-0.1, -0.05) is 0 Å². The van der Waals surface area contributed by atoms with Crippen molar-refractivity contribution in [2.75, 3.05) is 11.5 Å². The molecule has 1 aromatic rings. The Labute approximate surface area is 143 Å². The first-order chi connectivity index (χ1) is 11.4. The van der Waals surface area contributed by atoms with Crippen LogP contribution in [0.25, 0.3) is 0 Å². The van der Waals surface area contributed by atoms with Crippen LogP contribution < -0.4 is 10.3 Å². The zero-order valence-corrected chi connectivity index (χ0v) is 14.1. The van der Waals surface area contributed by atoms with Gasteiger partial charge in [0.25, 0.3) is 0 Å². The predicted octanol–water partition coefficient (Wildman–Crippen LogP) is 0.197. The smallest absolute Gasteiger partial charge is 0.353 e. The van der Waals surface area contributed by atoms with Gasteiger partial charge in [-0.05, 0) is 13.0 Å². The monoisotopic (exact) mass is 350 g/mol. The van der Waals surface area contributed by atoms with Crippen molar-refractivity contribution in [3.63, 3.8) is 0 Å². The van der Waals surface area contributed by atoms with Gasteiger partial charge in [-0.25, -0.2) is 9.36 Å². The summed E-state index contributed by atoms with van der Waals surface area (Å²) in [6.45, 7) is 2.26. The van der Waals surface area contributed by atoms with Crippen LogP contribution in [-0.2, 0) is 16.1 Å². The Morgan fingerprint density at radius 1 is 1.58 bits per heavy atom. The van der Waals surface area contributed by atoms with Gasteiger partial charge in [-0.15, -0.1) is 11.8 Å². The number of rotatable bonds is 6. The summed E-state index contributed by atoms with van der Waals surface area (Å²) in [4.78, 5) is 25.7. The van der Waals surface area contributed by atoms with E-state index in [-0.39, 0.29) is 17.6 Å². The van der Waals surface area contributed by atoms with Gasteiger partial charge in [-0.3, -0.25) is 4.79 Å². The summed E-state index contributed by atoms with van der Waals surface area (Å²) in [6, 6.07) is 3.43. The van der Waals surface area contributed by atoms with E-state index in [1.807, 2.05) is 23.0 Å². The highest BCUT2D eigenvalue weighted by atomic mass is 32.2. The van der Waals surface area contributed by atoms with E-state index in [0.29, 0.717) is 29.3 Å². The summed E-state index contributed by atoms with van der Waals surface area (Å²) in [5.74, 6) is -1.21. The molecule has 0 saturated carbocycles. The number of aryl methyl sites for hydroxylation is 1. The molecule has 1 fully saturated rings. The number of carboxylic acid groups (broad SMARTS) is 1. The molecule has 2 aliphatic rings. The fraction of sp³-hybridized carbons (Fsp3) is 0.438. The number of amides is 1. The number of anilines is 1. The normalized spacial score (nSPS) is 23.9. The van der Waals surface area contributed by atoms with Gasteiger partial charge in [0.05, 0.1) is 29.5 Å². The lowest BCUT2D eigenvalue weighted by atomic mass is 9.83. The molecule has 0 aliphatic carbocycles. The lowest BCUT2D eigenvalue weighted by Gasteiger charge is -2.44. The third kappa shape index (κ3) is 2.87. The topological polar surface area (TPSA) is 108 Å². The number of aliphatic hydroxyl groups excluding tert-OH is 1. The number of carboxylic acids is 1. The highest BCUT2D eigenvalue weighted by Gasteiger charge is 2.56. The van der Waals surface area contributed by atoms with E-state index in [1.165, 1.54) is 16.7 Å². The van der Waals surface area contributed by atoms with Crippen LogP contribution in [-0.4, -0.2) is 44.9 Å². The van der Waals surface area contributed by atoms with Crippen LogP contribution in [0.2, 0.25) is 0 Å². The molecule has 0 bridgehead atoms. The van der Waals surface area contributed by atoms with E-state index in [0.717, 1.165) is 0 Å². The van der Waals surface area contributed by atoms with Gasteiger partial charge in [0, 0.05) is 17.4 Å². The Balaban J connectivity index is 1.68. The molecule has 24 heavy (non-hydrogen) atoms. The van der Waals surface area contributed by atoms with Crippen molar-refractivity contribution in [2.45, 2.75) is 32.0 Å². The summed E-state index contributed by atoms with van der Waals surface area (Å²) in [5, 5.41) is 19.2. The molecule has 2 aliphatic heterocycles. The number of hydrogen-bond acceptors (Lipinski definition) is 5. The van der Waals surface area contributed by atoms with Gasteiger partial charge in [0.15, 0.2) is 18.9 Å². The first kappa shape index (κ1) is 16.8. The molecule has 4 N–H and O–H groups in total. The lowest BCUT2D eigenvalue weighted by molar-refractivity contribution is -0.691.